The maximum Gasteiger partial charge on any atom is 0.255 e. The van der Waals surface area contributed by atoms with Crippen molar-refractivity contribution in [3.63, 3.8) is 0 Å². The summed E-state index contributed by atoms with van der Waals surface area (Å²) >= 11 is 1.78. The highest BCUT2D eigenvalue weighted by Crippen LogP contribution is 2.21. The summed E-state index contributed by atoms with van der Waals surface area (Å²) in [5.74, 6) is -0.137. The van der Waals surface area contributed by atoms with Crippen LogP contribution in [0.5, 0.6) is 5.75 Å². The second-order valence-electron chi connectivity index (χ2n) is 4.06. The van der Waals surface area contributed by atoms with E-state index in [9.17, 15) is 9.90 Å². The zero-order valence-electron chi connectivity index (χ0n) is 10.5. The summed E-state index contributed by atoms with van der Waals surface area (Å²) in [6, 6.07) is 5.19. The quantitative estimate of drug-likeness (QED) is 0.848. The van der Waals surface area contributed by atoms with Crippen LogP contribution in [-0.2, 0) is 0 Å². The molecule has 0 aromatic heterocycles. The van der Waals surface area contributed by atoms with E-state index in [0.717, 1.165) is 12.0 Å². The van der Waals surface area contributed by atoms with Gasteiger partial charge in [0.05, 0.1) is 5.56 Å². The van der Waals surface area contributed by atoms with Gasteiger partial charge in [-0.3, -0.25) is 4.79 Å². The van der Waals surface area contributed by atoms with Gasteiger partial charge >= 0.3 is 0 Å². The van der Waals surface area contributed by atoms with Crippen LogP contribution in [0.3, 0.4) is 0 Å². The zero-order valence-corrected chi connectivity index (χ0v) is 11.3. The van der Waals surface area contributed by atoms with E-state index in [2.05, 4.69) is 18.5 Å². The van der Waals surface area contributed by atoms with Gasteiger partial charge in [-0.25, -0.2) is 0 Å². The number of aryl methyl sites for hydroxylation is 1. The van der Waals surface area contributed by atoms with Crippen LogP contribution in [0.2, 0.25) is 0 Å². The third kappa shape index (κ3) is 3.97. The fourth-order valence-corrected chi connectivity index (χ4v) is 1.80. The number of thioether (sulfide) groups is 1. The molecule has 2 N–H and O–H groups in total. The Bertz CT molecular complexity index is 393. The Morgan fingerprint density at radius 3 is 2.88 bits per heavy atom. The number of amides is 1. The molecule has 0 bridgehead atoms. The second kappa shape index (κ2) is 6.55. The lowest BCUT2D eigenvalue weighted by Crippen LogP contribution is -2.26. The molecular weight excluding hydrogens is 234 g/mol. The number of hydrogen-bond donors (Lipinski definition) is 2. The Hall–Kier alpha value is -1.16. The molecule has 0 aliphatic rings. The zero-order chi connectivity index (χ0) is 12.8. The van der Waals surface area contributed by atoms with Gasteiger partial charge in [0.2, 0.25) is 0 Å². The first-order valence-electron chi connectivity index (χ1n) is 5.65. The van der Waals surface area contributed by atoms with Crippen molar-refractivity contribution in [3.8, 4) is 5.75 Å². The van der Waals surface area contributed by atoms with Gasteiger partial charge in [-0.05, 0) is 31.2 Å². The lowest BCUT2D eigenvalue weighted by atomic mass is 10.1. The van der Waals surface area contributed by atoms with Crippen LogP contribution in [0.25, 0.3) is 0 Å². The van der Waals surface area contributed by atoms with Crippen molar-refractivity contribution in [1.29, 1.82) is 0 Å². The van der Waals surface area contributed by atoms with Crippen molar-refractivity contribution in [2.75, 3.05) is 12.8 Å². The van der Waals surface area contributed by atoms with E-state index in [-0.39, 0.29) is 11.7 Å². The predicted octanol–water partition coefficient (Wildman–Crippen LogP) is 2.57. The number of hydrogen-bond acceptors (Lipinski definition) is 3. The van der Waals surface area contributed by atoms with Gasteiger partial charge in [0.25, 0.3) is 5.91 Å². The normalized spacial score (nSPS) is 12.2. The van der Waals surface area contributed by atoms with Gasteiger partial charge in [-0.1, -0.05) is 19.1 Å². The molecule has 4 heteroatoms. The smallest absolute Gasteiger partial charge is 0.255 e. The van der Waals surface area contributed by atoms with Gasteiger partial charge < -0.3 is 10.4 Å². The number of nitrogens with one attached hydrogen (secondary N) is 1. The minimum absolute atomic E-state index is 0.0721. The Kier molecular flexibility index (Phi) is 5.35. The Morgan fingerprint density at radius 1 is 1.53 bits per heavy atom. The number of phenolic OH excluding ortho intramolecular Hbond substituents is 1. The van der Waals surface area contributed by atoms with Crippen molar-refractivity contribution < 1.29 is 9.90 Å². The average molecular weight is 253 g/mol. The highest BCUT2D eigenvalue weighted by atomic mass is 32.2. The molecule has 1 aromatic carbocycles. The SMILES string of the molecule is CSC(C)CCNC(=O)c1cccc(C)c1O. The summed E-state index contributed by atoms with van der Waals surface area (Å²) in [4.78, 5) is 11.8. The van der Waals surface area contributed by atoms with Crippen LogP contribution in [0.15, 0.2) is 18.2 Å². The summed E-state index contributed by atoms with van der Waals surface area (Å²) in [6.07, 6.45) is 2.98. The van der Waals surface area contributed by atoms with Crippen LogP contribution >= 0.6 is 11.8 Å². The number of para-hydroxylation sites is 1. The first-order valence-corrected chi connectivity index (χ1v) is 6.94. The molecule has 0 spiro atoms. The van der Waals surface area contributed by atoms with E-state index >= 15 is 0 Å². The molecule has 94 valence electrons. The molecule has 3 nitrogen and oxygen atoms in total. The minimum atomic E-state index is -0.209. The monoisotopic (exact) mass is 253 g/mol. The lowest BCUT2D eigenvalue weighted by molar-refractivity contribution is 0.0950. The van der Waals surface area contributed by atoms with Crippen molar-refractivity contribution >= 4 is 17.7 Å². The van der Waals surface area contributed by atoms with E-state index in [1.807, 2.05) is 0 Å². The maximum atomic E-state index is 11.8. The molecular formula is C13H19NO2S. The average Bonchev–Trinajstić information content (AvgIpc) is 2.32. The fourth-order valence-electron chi connectivity index (χ4n) is 1.44. The summed E-state index contributed by atoms with van der Waals surface area (Å²) < 4.78 is 0. The van der Waals surface area contributed by atoms with Gasteiger partial charge in [0.1, 0.15) is 5.75 Å². The van der Waals surface area contributed by atoms with Crippen LogP contribution in [0.4, 0.5) is 0 Å². The topological polar surface area (TPSA) is 49.3 Å². The molecule has 1 rings (SSSR count). The first kappa shape index (κ1) is 13.9. The third-order valence-corrected chi connectivity index (χ3v) is 3.76. The molecule has 1 unspecified atom stereocenters. The number of phenols is 1. The fraction of sp³-hybridized carbons (Fsp3) is 0.462. The number of aromatic hydroxyl groups is 1. The van der Waals surface area contributed by atoms with Crippen molar-refractivity contribution in [2.24, 2.45) is 0 Å². The molecule has 1 atom stereocenters. The minimum Gasteiger partial charge on any atom is -0.507 e. The highest BCUT2D eigenvalue weighted by Gasteiger charge is 2.11. The van der Waals surface area contributed by atoms with E-state index in [1.54, 1.807) is 36.9 Å². The Balaban J connectivity index is 2.56. The number of rotatable bonds is 5. The second-order valence-corrected chi connectivity index (χ2v) is 5.34. The molecule has 0 aliphatic heterocycles. The third-order valence-electron chi connectivity index (χ3n) is 2.72. The number of benzene rings is 1. The molecule has 17 heavy (non-hydrogen) atoms. The molecule has 0 radical (unpaired) electrons. The maximum absolute atomic E-state index is 11.8. The highest BCUT2D eigenvalue weighted by molar-refractivity contribution is 7.99. The van der Waals surface area contributed by atoms with E-state index in [0.29, 0.717) is 17.4 Å². The molecule has 0 aliphatic carbocycles. The molecule has 0 saturated heterocycles. The molecule has 0 heterocycles. The first-order chi connectivity index (χ1) is 8.06. The van der Waals surface area contributed by atoms with Gasteiger partial charge in [-0.2, -0.15) is 11.8 Å². The molecule has 1 aromatic rings. The summed E-state index contributed by atoms with van der Waals surface area (Å²) in [7, 11) is 0. The number of carbonyl (C=O) groups excluding carboxylic acids is 1. The van der Waals surface area contributed by atoms with E-state index < -0.39 is 0 Å². The van der Waals surface area contributed by atoms with Crippen LogP contribution in [0.1, 0.15) is 29.3 Å². The molecule has 0 fully saturated rings. The Morgan fingerprint density at radius 2 is 2.24 bits per heavy atom. The predicted molar refractivity (Wildman–Crippen MR) is 72.8 cm³/mol. The molecule has 0 saturated carbocycles. The summed E-state index contributed by atoms with van der Waals surface area (Å²) in [5, 5.41) is 13.1. The van der Waals surface area contributed by atoms with Gasteiger partial charge in [0.15, 0.2) is 0 Å². The van der Waals surface area contributed by atoms with Crippen LogP contribution < -0.4 is 5.32 Å². The van der Waals surface area contributed by atoms with E-state index in [4.69, 9.17) is 0 Å². The summed E-state index contributed by atoms with van der Waals surface area (Å²) in [5.41, 5.74) is 1.07. The van der Waals surface area contributed by atoms with Crippen molar-refractivity contribution in [1.82, 2.24) is 5.32 Å². The van der Waals surface area contributed by atoms with Gasteiger partial charge in [-0.15, -0.1) is 0 Å². The van der Waals surface area contributed by atoms with Crippen LogP contribution in [-0.4, -0.2) is 29.1 Å². The lowest BCUT2D eigenvalue weighted by Gasteiger charge is -2.10. The Labute approximate surface area is 107 Å². The van der Waals surface area contributed by atoms with E-state index in [1.165, 1.54) is 0 Å². The molecule has 1 amide bonds. The summed E-state index contributed by atoms with van der Waals surface area (Å²) in [6.45, 7) is 4.54. The number of carbonyl (C=O) groups is 1. The van der Waals surface area contributed by atoms with Crippen molar-refractivity contribution in [2.45, 2.75) is 25.5 Å². The van der Waals surface area contributed by atoms with Crippen molar-refractivity contribution in [3.05, 3.63) is 29.3 Å². The largest absolute Gasteiger partial charge is 0.507 e. The standard InChI is InChI=1S/C13H19NO2S/c1-9-5-4-6-11(12(9)15)13(16)14-8-7-10(2)17-3/h4-6,10,15H,7-8H2,1-3H3,(H,14,16). The van der Waals surface area contributed by atoms with Gasteiger partial charge in [0, 0.05) is 11.8 Å². The van der Waals surface area contributed by atoms with Crippen LogP contribution in [0, 0.1) is 6.92 Å².